The Morgan fingerprint density at radius 2 is 1.45 bits per heavy atom. The number of hydrogen-bond acceptors (Lipinski definition) is 2. The minimum Gasteiger partial charge on any atom is -0.223 e. The molecular formula is C19H22O2S. The summed E-state index contributed by atoms with van der Waals surface area (Å²) in [6.07, 6.45) is 0. The molecule has 2 nitrogen and oxygen atoms in total. The second kappa shape index (κ2) is 6.09. The van der Waals surface area contributed by atoms with E-state index in [0.29, 0.717) is 10.5 Å². The smallest absolute Gasteiger partial charge is 0.183 e. The van der Waals surface area contributed by atoms with Gasteiger partial charge in [0, 0.05) is 0 Å². The topological polar surface area (TPSA) is 34.1 Å². The van der Waals surface area contributed by atoms with Crippen LogP contribution in [0, 0.1) is 27.7 Å². The molecule has 0 aliphatic rings. The first-order valence-corrected chi connectivity index (χ1v) is 8.92. The van der Waals surface area contributed by atoms with Gasteiger partial charge in [0.25, 0.3) is 0 Å². The van der Waals surface area contributed by atoms with Gasteiger partial charge in [0.1, 0.15) is 0 Å². The first-order valence-electron chi connectivity index (χ1n) is 7.27. The summed E-state index contributed by atoms with van der Waals surface area (Å²) in [5, 5.41) is 0. The van der Waals surface area contributed by atoms with Crippen molar-refractivity contribution in [3.8, 4) is 0 Å². The maximum Gasteiger partial charge on any atom is 0.183 e. The fraction of sp³-hybridized carbons (Fsp3) is 0.263. The number of sulfone groups is 1. The van der Waals surface area contributed by atoms with Gasteiger partial charge < -0.3 is 0 Å². The first-order chi connectivity index (χ1) is 10.2. The van der Waals surface area contributed by atoms with E-state index in [1.165, 1.54) is 0 Å². The van der Waals surface area contributed by atoms with Gasteiger partial charge in [-0.25, -0.2) is 8.42 Å². The molecule has 0 heterocycles. The summed E-state index contributed by atoms with van der Waals surface area (Å²) < 4.78 is 25.8. The number of hydrogen-bond donors (Lipinski definition) is 0. The second-order valence-corrected chi connectivity index (χ2v) is 7.74. The molecule has 0 aliphatic heterocycles. The highest BCUT2D eigenvalue weighted by Gasteiger charge is 2.23. The van der Waals surface area contributed by atoms with Gasteiger partial charge in [-0.15, -0.1) is 0 Å². The highest BCUT2D eigenvalue weighted by Crippen LogP contribution is 2.29. The van der Waals surface area contributed by atoms with Crippen molar-refractivity contribution in [2.75, 3.05) is 5.75 Å². The van der Waals surface area contributed by atoms with Gasteiger partial charge in [-0.05, 0) is 61.1 Å². The molecule has 2 rings (SSSR count). The summed E-state index contributed by atoms with van der Waals surface area (Å²) >= 11 is 0. The van der Waals surface area contributed by atoms with Gasteiger partial charge in [-0.1, -0.05) is 43.0 Å². The molecule has 2 aromatic rings. The third-order valence-electron chi connectivity index (χ3n) is 4.15. The molecule has 3 heteroatoms. The molecule has 0 N–H and O–H groups in total. The van der Waals surface area contributed by atoms with Gasteiger partial charge in [0.05, 0.1) is 10.6 Å². The van der Waals surface area contributed by atoms with E-state index in [1.54, 1.807) is 0 Å². The molecule has 0 unspecified atom stereocenters. The van der Waals surface area contributed by atoms with Crippen LogP contribution in [0.5, 0.6) is 0 Å². The molecular weight excluding hydrogens is 292 g/mol. The molecule has 0 bridgehead atoms. The summed E-state index contributed by atoms with van der Waals surface area (Å²) in [7, 11) is -3.41. The Bertz CT molecular complexity index is 790. The van der Waals surface area contributed by atoms with Gasteiger partial charge >= 0.3 is 0 Å². The Hall–Kier alpha value is -1.87. The van der Waals surface area contributed by atoms with Crippen LogP contribution in [-0.2, 0) is 9.84 Å². The van der Waals surface area contributed by atoms with Crippen molar-refractivity contribution in [2.24, 2.45) is 0 Å². The average Bonchev–Trinajstić information content (AvgIpc) is 2.45. The summed E-state index contributed by atoms with van der Waals surface area (Å²) in [6, 6.07) is 11.5. The molecule has 0 aromatic heterocycles. The quantitative estimate of drug-likeness (QED) is 0.838. The lowest BCUT2D eigenvalue weighted by Crippen LogP contribution is -2.13. The van der Waals surface area contributed by atoms with Crippen molar-refractivity contribution in [3.05, 3.63) is 70.8 Å². The van der Waals surface area contributed by atoms with Crippen molar-refractivity contribution in [1.82, 2.24) is 0 Å². The highest BCUT2D eigenvalue weighted by molar-refractivity contribution is 7.92. The van der Waals surface area contributed by atoms with Crippen LogP contribution < -0.4 is 0 Å². The van der Waals surface area contributed by atoms with Crippen molar-refractivity contribution in [1.29, 1.82) is 0 Å². The Kier molecular flexibility index (Phi) is 4.57. The fourth-order valence-corrected chi connectivity index (χ4v) is 4.73. The van der Waals surface area contributed by atoms with E-state index in [0.717, 1.165) is 27.8 Å². The van der Waals surface area contributed by atoms with Crippen LogP contribution in [0.25, 0.3) is 5.57 Å². The number of rotatable bonds is 4. The van der Waals surface area contributed by atoms with Gasteiger partial charge in [-0.3, -0.25) is 0 Å². The van der Waals surface area contributed by atoms with Crippen LogP contribution in [0.3, 0.4) is 0 Å². The van der Waals surface area contributed by atoms with Crippen LogP contribution in [0.15, 0.2) is 47.9 Å². The molecule has 116 valence electrons. The number of benzene rings is 2. The monoisotopic (exact) mass is 314 g/mol. The van der Waals surface area contributed by atoms with Crippen molar-refractivity contribution < 1.29 is 8.42 Å². The van der Waals surface area contributed by atoms with E-state index in [4.69, 9.17) is 0 Å². The summed E-state index contributed by atoms with van der Waals surface area (Å²) in [4.78, 5) is 0.460. The van der Waals surface area contributed by atoms with Crippen LogP contribution in [0.2, 0.25) is 0 Å². The van der Waals surface area contributed by atoms with Gasteiger partial charge in [-0.2, -0.15) is 0 Å². The van der Waals surface area contributed by atoms with E-state index < -0.39 is 9.84 Å². The molecule has 0 saturated carbocycles. The molecule has 22 heavy (non-hydrogen) atoms. The third kappa shape index (κ3) is 3.14. The fourth-order valence-electron chi connectivity index (χ4n) is 2.71. The number of aryl methyl sites for hydroxylation is 2. The summed E-state index contributed by atoms with van der Waals surface area (Å²) in [5.74, 6) is -0.0540. The van der Waals surface area contributed by atoms with Crippen LogP contribution in [-0.4, -0.2) is 14.2 Å². The lowest BCUT2D eigenvalue weighted by molar-refractivity contribution is 0.598. The summed E-state index contributed by atoms with van der Waals surface area (Å²) in [5.41, 5.74) is 5.18. The average molecular weight is 314 g/mol. The van der Waals surface area contributed by atoms with E-state index in [1.807, 2.05) is 64.1 Å². The maximum absolute atomic E-state index is 12.9. The van der Waals surface area contributed by atoms with E-state index in [2.05, 4.69) is 6.58 Å². The van der Waals surface area contributed by atoms with Crippen molar-refractivity contribution in [2.45, 2.75) is 32.6 Å². The molecule has 2 aromatic carbocycles. The molecule has 0 atom stereocenters. The maximum atomic E-state index is 12.9. The van der Waals surface area contributed by atoms with Crippen LogP contribution >= 0.6 is 0 Å². The molecule has 0 aliphatic carbocycles. The van der Waals surface area contributed by atoms with Gasteiger partial charge in [0.15, 0.2) is 9.84 Å². The van der Waals surface area contributed by atoms with Crippen molar-refractivity contribution in [3.63, 3.8) is 0 Å². The van der Waals surface area contributed by atoms with E-state index in [-0.39, 0.29) is 5.75 Å². The van der Waals surface area contributed by atoms with Crippen molar-refractivity contribution >= 4 is 15.4 Å². The largest absolute Gasteiger partial charge is 0.223 e. The zero-order chi connectivity index (χ0) is 16.5. The molecule has 0 spiro atoms. The van der Waals surface area contributed by atoms with E-state index in [9.17, 15) is 8.42 Å². The van der Waals surface area contributed by atoms with E-state index >= 15 is 0 Å². The lowest BCUT2D eigenvalue weighted by atomic mass is 10.0. The molecule has 0 fully saturated rings. The molecule has 0 radical (unpaired) electrons. The Morgan fingerprint density at radius 1 is 0.955 bits per heavy atom. The third-order valence-corrected chi connectivity index (χ3v) is 6.12. The van der Waals surface area contributed by atoms with Gasteiger partial charge in [0.2, 0.25) is 0 Å². The molecule has 0 amide bonds. The normalized spacial score (nSPS) is 11.5. The minimum absolute atomic E-state index is 0.0540. The Morgan fingerprint density at radius 3 is 1.95 bits per heavy atom. The SMILES string of the molecule is C=C(CS(=O)(=O)c1c(C)c(C)cc(C)c1C)c1ccccc1. The zero-order valence-electron chi connectivity index (χ0n) is 13.6. The predicted octanol–water partition coefficient (Wildman–Crippen LogP) is 4.41. The molecule has 0 saturated heterocycles. The Labute approximate surface area is 133 Å². The predicted molar refractivity (Wildman–Crippen MR) is 92.9 cm³/mol. The summed E-state index contributed by atoms with van der Waals surface area (Å²) in [6.45, 7) is 11.6. The first kappa shape index (κ1) is 16.5. The zero-order valence-corrected chi connectivity index (χ0v) is 14.4. The second-order valence-electron chi connectivity index (χ2n) is 5.82. The lowest BCUT2D eigenvalue weighted by Gasteiger charge is -2.16. The Balaban J connectivity index is 2.47. The van der Waals surface area contributed by atoms with Crippen LogP contribution in [0.1, 0.15) is 27.8 Å². The minimum atomic E-state index is -3.41. The highest BCUT2D eigenvalue weighted by atomic mass is 32.2. The van der Waals surface area contributed by atoms with Crippen LogP contribution in [0.4, 0.5) is 0 Å². The standard InChI is InChI=1S/C19H22O2S/c1-13-11-14(2)17(5)19(16(13)4)22(20,21)12-15(3)18-9-7-6-8-10-18/h6-11H,3,12H2,1-2,4-5H3.